The second-order valence-corrected chi connectivity index (χ2v) is 5.94. The molecule has 1 fully saturated rings. The Balaban J connectivity index is 2.01. The minimum absolute atomic E-state index is 0.214. The van der Waals surface area contributed by atoms with Crippen molar-refractivity contribution >= 4 is 11.6 Å². The summed E-state index contributed by atoms with van der Waals surface area (Å²) in [7, 11) is 0. The molecule has 1 aliphatic rings. The molecule has 2 aromatic carbocycles. The molecule has 0 radical (unpaired) electrons. The van der Waals surface area contributed by atoms with Gasteiger partial charge in [0.15, 0.2) is 0 Å². The molecule has 3 heteroatoms. The van der Waals surface area contributed by atoms with Crippen LogP contribution in [0.2, 0.25) is 0 Å². The molecule has 1 unspecified atom stereocenters. The highest BCUT2D eigenvalue weighted by Gasteiger charge is 2.51. The van der Waals surface area contributed by atoms with E-state index >= 15 is 0 Å². The normalized spacial score (nSPS) is 17.8. The maximum atomic E-state index is 14.0. The lowest BCUT2D eigenvalue weighted by Crippen LogP contribution is -2.15. The van der Waals surface area contributed by atoms with Crippen molar-refractivity contribution in [3.63, 3.8) is 0 Å². The van der Waals surface area contributed by atoms with E-state index in [1.54, 1.807) is 6.92 Å². The van der Waals surface area contributed by atoms with Gasteiger partial charge in [0.25, 0.3) is 0 Å². The Kier molecular flexibility index (Phi) is 3.29. The van der Waals surface area contributed by atoms with E-state index < -0.39 is 17.0 Å². The predicted octanol–water partition coefficient (Wildman–Crippen LogP) is 5.28. The second-order valence-electron chi connectivity index (χ2n) is 5.51. The Hall–Kier alpha value is -1.41. The van der Waals surface area contributed by atoms with Gasteiger partial charge in [-0.25, -0.2) is 8.78 Å². The minimum atomic E-state index is -0.560. The molecular weight excluding hydrogens is 278 g/mol. The quantitative estimate of drug-likeness (QED) is 0.675. The van der Waals surface area contributed by atoms with E-state index in [0.29, 0.717) is 11.1 Å². The van der Waals surface area contributed by atoms with Crippen molar-refractivity contribution in [2.75, 3.05) is 0 Å². The van der Waals surface area contributed by atoms with Gasteiger partial charge in [-0.15, -0.1) is 11.6 Å². The summed E-state index contributed by atoms with van der Waals surface area (Å²) in [4.78, 5) is 0. The lowest BCUT2D eigenvalue weighted by Gasteiger charge is -2.23. The summed E-state index contributed by atoms with van der Waals surface area (Å²) in [5.74, 6) is -1.09. The van der Waals surface area contributed by atoms with Crippen molar-refractivity contribution in [1.82, 2.24) is 0 Å². The number of rotatable bonds is 3. The van der Waals surface area contributed by atoms with Crippen LogP contribution in [0, 0.1) is 18.6 Å². The third-order valence-electron chi connectivity index (χ3n) is 4.17. The Labute approximate surface area is 122 Å². The van der Waals surface area contributed by atoms with Crippen molar-refractivity contribution in [1.29, 1.82) is 0 Å². The van der Waals surface area contributed by atoms with Crippen LogP contribution < -0.4 is 0 Å². The van der Waals surface area contributed by atoms with Gasteiger partial charge in [-0.05, 0) is 37.0 Å². The third kappa shape index (κ3) is 2.12. The Morgan fingerprint density at radius 3 is 2.30 bits per heavy atom. The topological polar surface area (TPSA) is 0 Å². The fourth-order valence-electron chi connectivity index (χ4n) is 2.76. The molecule has 0 nitrogen and oxygen atoms in total. The van der Waals surface area contributed by atoms with Crippen molar-refractivity contribution in [2.45, 2.75) is 30.6 Å². The van der Waals surface area contributed by atoms with Crippen molar-refractivity contribution < 1.29 is 8.78 Å². The van der Waals surface area contributed by atoms with E-state index in [-0.39, 0.29) is 5.41 Å². The Bertz CT molecular complexity index is 633. The van der Waals surface area contributed by atoms with Crippen molar-refractivity contribution in [2.24, 2.45) is 0 Å². The predicted molar refractivity (Wildman–Crippen MR) is 77.0 cm³/mol. The molecule has 0 aromatic heterocycles. The van der Waals surface area contributed by atoms with E-state index in [1.807, 2.05) is 30.3 Å². The van der Waals surface area contributed by atoms with Crippen molar-refractivity contribution in [3.8, 4) is 0 Å². The Morgan fingerprint density at radius 2 is 1.70 bits per heavy atom. The average Bonchev–Trinajstić information content (AvgIpc) is 3.25. The van der Waals surface area contributed by atoms with Gasteiger partial charge in [-0.3, -0.25) is 0 Å². The van der Waals surface area contributed by atoms with E-state index in [9.17, 15) is 8.78 Å². The first-order chi connectivity index (χ1) is 9.54. The van der Waals surface area contributed by atoms with Crippen LogP contribution in [0.25, 0.3) is 0 Å². The average molecular weight is 293 g/mol. The fourth-order valence-corrected chi connectivity index (χ4v) is 3.28. The third-order valence-corrected chi connectivity index (χ3v) is 4.83. The molecule has 104 valence electrons. The summed E-state index contributed by atoms with van der Waals surface area (Å²) in [6, 6.07) is 12.4. The molecule has 1 aliphatic carbocycles. The SMILES string of the molecule is Cc1cc(C(Cl)C2(c3ccccc3)CC2)c(F)cc1F. The van der Waals surface area contributed by atoms with Gasteiger partial charge in [-0.1, -0.05) is 30.3 Å². The number of hydrogen-bond acceptors (Lipinski definition) is 0. The maximum absolute atomic E-state index is 14.0. The van der Waals surface area contributed by atoms with E-state index in [0.717, 1.165) is 24.5 Å². The minimum Gasteiger partial charge on any atom is -0.207 e. The van der Waals surface area contributed by atoms with Crippen LogP contribution in [0.5, 0.6) is 0 Å². The van der Waals surface area contributed by atoms with Gasteiger partial charge in [0.05, 0.1) is 5.38 Å². The monoisotopic (exact) mass is 292 g/mol. The van der Waals surface area contributed by atoms with Crippen LogP contribution in [0.3, 0.4) is 0 Å². The molecule has 1 atom stereocenters. The maximum Gasteiger partial charge on any atom is 0.130 e. The largest absolute Gasteiger partial charge is 0.207 e. The number of hydrogen-bond donors (Lipinski definition) is 0. The molecular formula is C17H15ClF2. The summed E-state index contributed by atoms with van der Waals surface area (Å²) < 4.78 is 27.4. The molecule has 0 amide bonds. The van der Waals surface area contributed by atoms with Crippen LogP contribution in [-0.4, -0.2) is 0 Å². The zero-order valence-corrected chi connectivity index (χ0v) is 11.9. The molecule has 0 saturated heterocycles. The standard InChI is InChI=1S/C17H15ClF2/c1-11-9-13(15(20)10-14(11)19)16(18)17(7-8-17)12-5-3-2-4-6-12/h2-6,9-10,16H,7-8H2,1H3. The van der Waals surface area contributed by atoms with E-state index in [1.165, 1.54) is 6.07 Å². The van der Waals surface area contributed by atoms with E-state index in [2.05, 4.69) is 0 Å². The molecule has 3 rings (SSSR count). The highest BCUT2D eigenvalue weighted by Crippen LogP contribution is 2.59. The Morgan fingerprint density at radius 1 is 1.05 bits per heavy atom. The first kappa shape index (κ1) is 13.6. The summed E-state index contributed by atoms with van der Waals surface area (Å²) >= 11 is 6.56. The van der Waals surface area contributed by atoms with Crippen LogP contribution in [0.15, 0.2) is 42.5 Å². The fraction of sp³-hybridized carbons (Fsp3) is 0.294. The summed E-state index contributed by atoms with van der Waals surface area (Å²) in [5.41, 5.74) is 1.73. The number of halogens is 3. The molecule has 2 aromatic rings. The van der Waals surface area contributed by atoms with Gasteiger partial charge in [0.2, 0.25) is 0 Å². The highest BCUT2D eigenvalue weighted by molar-refractivity contribution is 6.22. The first-order valence-electron chi connectivity index (χ1n) is 6.70. The molecule has 20 heavy (non-hydrogen) atoms. The zero-order chi connectivity index (χ0) is 14.3. The number of alkyl halides is 1. The lowest BCUT2D eigenvalue weighted by atomic mass is 9.87. The van der Waals surface area contributed by atoms with E-state index in [4.69, 9.17) is 11.6 Å². The van der Waals surface area contributed by atoms with Crippen LogP contribution in [0.4, 0.5) is 8.78 Å². The lowest BCUT2D eigenvalue weighted by molar-refractivity contribution is 0.548. The zero-order valence-electron chi connectivity index (χ0n) is 11.2. The highest BCUT2D eigenvalue weighted by atomic mass is 35.5. The summed E-state index contributed by atoms with van der Waals surface area (Å²) in [6.07, 6.45) is 1.86. The molecule has 0 heterocycles. The van der Waals surface area contributed by atoms with Crippen LogP contribution in [-0.2, 0) is 5.41 Å². The van der Waals surface area contributed by atoms with Gasteiger partial charge in [0, 0.05) is 17.0 Å². The molecule has 0 N–H and O–H groups in total. The second kappa shape index (κ2) is 4.85. The van der Waals surface area contributed by atoms with Crippen molar-refractivity contribution in [3.05, 3.63) is 70.8 Å². The molecule has 1 saturated carbocycles. The summed E-state index contributed by atoms with van der Waals surface area (Å²) in [6.45, 7) is 1.63. The van der Waals surface area contributed by atoms with Crippen LogP contribution >= 0.6 is 11.6 Å². The number of benzene rings is 2. The molecule has 0 aliphatic heterocycles. The first-order valence-corrected chi connectivity index (χ1v) is 7.13. The van der Waals surface area contributed by atoms with Gasteiger partial charge >= 0.3 is 0 Å². The van der Waals surface area contributed by atoms with Gasteiger partial charge in [0.1, 0.15) is 11.6 Å². The van der Waals surface area contributed by atoms with Gasteiger partial charge in [-0.2, -0.15) is 0 Å². The molecule has 0 bridgehead atoms. The van der Waals surface area contributed by atoms with Crippen LogP contribution in [0.1, 0.15) is 34.9 Å². The smallest absolute Gasteiger partial charge is 0.130 e. The molecule has 0 spiro atoms. The van der Waals surface area contributed by atoms with Gasteiger partial charge < -0.3 is 0 Å². The number of aryl methyl sites for hydroxylation is 1. The summed E-state index contributed by atoms with van der Waals surface area (Å²) in [5, 5.41) is -0.468.